The summed E-state index contributed by atoms with van der Waals surface area (Å²) in [7, 11) is 5.98. The van der Waals surface area contributed by atoms with Gasteiger partial charge in [0, 0.05) is 37.4 Å². The standard InChI is InChI=1S/C17H25FN4/c1-12-16(13(2)22(5)20-12)10-19-11-17(21(3)4)14-7-6-8-15(18)9-14/h6-9,17,19H,10-11H2,1-5H3. The van der Waals surface area contributed by atoms with Gasteiger partial charge in [0.25, 0.3) is 0 Å². The van der Waals surface area contributed by atoms with E-state index in [9.17, 15) is 4.39 Å². The average molecular weight is 304 g/mol. The van der Waals surface area contributed by atoms with Crippen LogP contribution < -0.4 is 5.32 Å². The molecule has 1 N–H and O–H groups in total. The Bertz CT molecular complexity index is 634. The second-order valence-electron chi connectivity index (χ2n) is 5.94. The molecule has 2 aromatic rings. The minimum Gasteiger partial charge on any atom is -0.311 e. The minimum absolute atomic E-state index is 0.132. The number of aromatic nitrogens is 2. The molecule has 0 fully saturated rings. The molecule has 1 atom stereocenters. The van der Waals surface area contributed by atoms with Crippen LogP contribution in [0, 0.1) is 19.7 Å². The first-order valence-electron chi connectivity index (χ1n) is 7.51. The van der Waals surface area contributed by atoms with Crippen molar-refractivity contribution in [2.45, 2.75) is 26.4 Å². The van der Waals surface area contributed by atoms with Gasteiger partial charge in [0.15, 0.2) is 0 Å². The number of hydrogen-bond acceptors (Lipinski definition) is 3. The molecule has 0 saturated carbocycles. The Kier molecular flexibility index (Phi) is 5.32. The van der Waals surface area contributed by atoms with Crippen LogP contribution in [-0.2, 0) is 13.6 Å². The lowest BCUT2D eigenvalue weighted by Crippen LogP contribution is -2.31. The SMILES string of the molecule is Cc1nn(C)c(C)c1CNCC(c1cccc(F)c1)N(C)C. The van der Waals surface area contributed by atoms with E-state index >= 15 is 0 Å². The predicted molar refractivity (Wildman–Crippen MR) is 87.2 cm³/mol. The first-order chi connectivity index (χ1) is 10.4. The summed E-state index contributed by atoms with van der Waals surface area (Å²) in [6, 6.07) is 6.94. The molecule has 2 rings (SSSR count). The molecule has 0 saturated heterocycles. The molecule has 5 heteroatoms. The maximum Gasteiger partial charge on any atom is 0.123 e. The first kappa shape index (κ1) is 16.6. The van der Waals surface area contributed by atoms with Gasteiger partial charge in [0.2, 0.25) is 0 Å². The van der Waals surface area contributed by atoms with Crippen molar-refractivity contribution < 1.29 is 4.39 Å². The van der Waals surface area contributed by atoms with E-state index in [1.165, 1.54) is 17.3 Å². The lowest BCUT2D eigenvalue weighted by atomic mass is 10.1. The third kappa shape index (κ3) is 3.72. The van der Waals surface area contributed by atoms with Gasteiger partial charge in [-0.25, -0.2) is 4.39 Å². The predicted octanol–water partition coefficient (Wildman–Crippen LogP) is 2.57. The number of aryl methyl sites for hydroxylation is 2. The van der Waals surface area contributed by atoms with Gasteiger partial charge >= 0.3 is 0 Å². The molecular weight excluding hydrogens is 279 g/mol. The molecule has 1 aromatic heterocycles. The summed E-state index contributed by atoms with van der Waals surface area (Å²) >= 11 is 0. The van der Waals surface area contributed by atoms with Crippen LogP contribution in [-0.4, -0.2) is 35.3 Å². The Labute approximate surface area is 131 Å². The van der Waals surface area contributed by atoms with Crippen LogP contribution in [0.15, 0.2) is 24.3 Å². The van der Waals surface area contributed by atoms with E-state index in [1.807, 2.05) is 38.8 Å². The minimum atomic E-state index is -0.191. The summed E-state index contributed by atoms with van der Waals surface area (Å²) in [5.74, 6) is -0.191. The summed E-state index contributed by atoms with van der Waals surface area (Å²) < 4.78 is 15.3. The Morgan fingerprint density at radius 2 is 2.05 bits per heavy atom. The number of nitrogens with zero attached hydrogens (tertiary/aromatic N) is 3. The number of likely N-dealkylation sites (N-methyl/N-ethyl adjacent to an activating group) is 1. The molecule has 1 unspecified atom stereocenters. The lowest BCUT2D eigenvalue weighted by molar-refractivity contribution is 0.287. The summed E-state index contributed by atoms with van der Waals surface area (Å²) in [6.07, 6.45) is 0. The molecule has 0 amide bonds. The van der Waals surface area contributed by atoms with Crippen molar-refractivity contribution in [1.29, 1.82) is 0 Å². The maximum atomic E-state index is 13.4. The molecule has 0 spiro atoms. The van der Waals surface area contributed by atoms with Crippen molar-refractivity contribution >= 4 is 0 Å². The normalized spacial score (nSPS) is 12.9. The van der Waals surface area contributed by atoms with Crippen molar-refractivity contribution in [3.63, 3.8) is 0 Å². The molecule has 0 radical (unpaired) electrons. The maximum absolute atomic E-state index is 13.4. The highest BCUT2D eigenvalue weighted by Crippen LogP contribution is 2.19. The van der Waals surface area contributed by atoms with Crippen LogP contribution in [0.2, 0.25) is 0 Å². The zero-order chi connectivity index (χ0) is 16.3. The van der Waals surface area contributed by atoms with Crippen LogP contribution in [0.5, 0.6) is 0 Å². The van der Waals surface area contributed by atoms with Gasteiger partial charge in [-0.05, 0) is 45.6 Å². The van der Waals surface area contributed by atoms with Gasteiger partial charge in [-0.15, -0.1) is 0 Å². The highest BCUT2D eigenvalue weighted by atomic mass is 19.1. The van der Waals surface area contributed by atoms with Crippen molar-refractivity contribution in [1.82, 2.24) is 20.0 Å². The average Bonchev–Trinajstić information content (AvgIpc) is 2.69. The Balaban J connectivity index is 2.04. The number of nitrogens with one attached hydrogen (secondary N) is 1. The van der Waals surface area contributed by atoms with Crippen LogP contribution >= 0.6 is 0 Å². The fourth-order valence-corrected chi connectivity index (χ4v) is 2.72. The molecule has 0 aliphatic carbocycles. The van der Waals surface area contributed by atoms with Crippen LogP contribution in [0.4, 0.5) is 4.39 Å². The quantitative estimate of drug-likeness (QED) is 0.890. The van der Waals surface area contributed by atoms with Crippen LogP contribution in [0.25, 0.3) is 0 Å². The summed E-state index contributed by atoms with van der Waals surface area (Å²) in [5, 5.41) is 7.91. The zero-order valence-corrected chi connectivity index (χ0v) is 14.0. The van der Waals surface area contributed by atoms with E-state index in [0.29, 0.717) is 0 Å². The largest absolute Gasteiger partial charge is 0.311 e. The Morgan fingerprint density at radius 1 is 1.32 bits per heavy atom. The van der Waals surface area contributed by atoms with E-state index < -0.39 is 0 Å². The second kappa shape index (κ2) is 7.03. The van der Waals surface area contributed by atoms with E-state index in [0.717, 1.165) is 24.3 Å². The molecule has 0 aliphatic heterocycles. The number of rotatable bonds is 6. The smallest absolute Gasteiger partial charge is 0.123 e. The van der Waals surface area contributed by atoms with Gasteiger partial charge in [0.05, 0.1) is 5.69 Å². The van der Waals surface area contributed by atoms with E-state index in [1.54, 1.807) is 12.1 Å². The van der Waals surface area contributed by atoms with Crippen molar-refractivity contribution in [3.05, 3.63) is 52.6 Å². The van der Waals surface area contributed by atoms with Crippen molar-refractivity contribution in [3.8, 4) is 0 Å². The summed E-state index contributed by atoms with van der Waals surface area (Å²) in [6.45, 7) is 5.63. The fourth-order valence-electron chi connectivity index (χ4n) is 2.72. The first-order valence-corrected chi connectivity index (χ1v) is 7.51. The Hall–Kier alpha value is -1.72. The molecule has 120 valence electrons. The molecule has 1 heterocycles. The third-order valence-corrected chi connectivity index (χ3v) is 4.16. The van der Waals surface area contributed by atoms with Gasteiger partial charge in [0.1, 0.15) is 5.82 Å². The molecule has 22 heavy (non-hydrogen) atoms. The molecule has 0 aliphatic rings. The highest BCUT2D eigenvalue weighted by Gasteiger charge is 2.15. The van der Waals surface area contributed by atoms with Gasteiger partial charge < -0.3 is 10.2 Å². The molecular formula is C17H25FN4. The molecule has 0 bridgehead atoms. The molecule has 1 aromatic carbocycles. The van der Waals surface area contributed by atoms with Gasteiger partial charge in [-0.2, -0.15) is 5.10 Å². The monoisotopic (exact) mass is 304 g/mol. The van der Waals surface area contributed by atoms with Gasteiger partial charge in [-0.1, -0.05) is 12.1 Å². The second-order valence-corrected chi connectivity index (χ2v) is 5.94. The summed E-state index contributed by atoms with van der Waals surface area (Å²) in [5.41, 5.74) is 4.45. The number of hydrogen-bond donors (Lipinski definition) is 1. The lowest BCUT2D eigenvalue weighted by Gasteiger charge is -2.25. The molecule has 4 nitrogen and oxygen atoms in total. The zero-order valence-electron chi connectivity index (χ0n) is 14.0. The number of benzene rings is 1. The summed E-state index contributed by atoms with van der Waals surface area (Å²) in [4.78, 5) is 2.10. The van der Waals surface area contributed by atoms with Gasteiger partial charge in [-0.3, -0.25) is 4.68 Å². The number of halogens is 1. The topological polar surface area (TPSA) is 33.1 Å². The third-order valence-electron chi connectivity index (χ3n) is 4.16. The van der Waals surface area contributed by atoms with Crippen LogP contribution in [0.3, 0.4) is 0 Å². The Morgan fingerprint density at radius 3 is 2.59 bits per heavy atom. The van der Waals surface area contributed by atoms with Crippen molar-refractivity contribution in [2.75, 3.05) is 20.6 Å². The van der Waals surface area contributed by atoms with Crippen molar-refractivity contribution in [2.24, 2.45) is 7.05 Å². The van der Waals surface area contributed by atoms with E-state index in [2.05, 4.69) is 22.2 Å². The van der Waals surface area contributed by atoms with Crippen LogP contribution in [0.1, 0.15) is 28.6 Å². The highest BCUT2D eigenvalue weighted by molar-refractivity contribution is 5.24. The van der Waals surface area contributed by atoms with E-state index in [-0.39, 0.29) is 11.9 Å². The van der Waals surface area contributed by atoms with E-state index in [4.69, 9.17) is 0 Å². The fraction of sp³-hybridized carbons (Fsp3) is 0.471.